The van der Waals surface area contributed by atoms with Gasteiger partial charge in [-0.2, -0.15) is 0 Å². The molecule has 0 radical (unpaired) electrons. The maximum atomic E-state index is 12.9. The van der Waals surface area contributed by atoms with Gasteiger partial charge in [0.1, 0.15) is 0 Å². The number of nitrogens with zero attached hydrogens (tertiary/aromatic N) is 1. The van der Waals surface area contributed by atoms with Crippen LogP contribution < -0.4 is 10.0 Å². The van der Waals surface area contributed by atoms with Gasteiger partial charge in [-0.15, -0.1) is 34.0 Å². The van der Waals surface area contributed by atoms with Crippen LogP contribution >= 0.6 is 34.0 Å². The number of aromatic nitrogens is 1. The first-order valence-electron chi connectivity index (χ1n) is 8.64. The molecule has 0 aliphatic rings. The number of amides is 1. The molecule has 4 rings (SSSR count). The van der Waals surface area contributed by atoms with Crippen molar-refractivity contribution in [3.8, 4) is 0 Å². The van der Waals surface area contributed by atoms with E-state index in [1.54, 1.807) is 28.8 Å². The zero-order valence-corrected chi connectivity index (χ0v) is 18.6. The molecule has 0 saturated carbocycles. The second-order valence-corrected chi connectivity index (χ2v) is 10.5. The Morgan fingerprint density at radius 3 is 2.33 bits per heavy atom. The molecule has 10 heteroatoms. The van der Waals surface area contributed by atoms with Crippen molar-refractivity contribution in [3.05, 3.63) is 80.6 Å². The summed E-state index contributed by atoms with van der Waals surface area (Å²) in [6, 6.07) is 13.7. The van der Waals surface area contributed by atoms with Gasteiger partial charge in [0.25, 0.3) is 15.9 Å². The van der Waals surface area contributed by atoms with Crippen molar-refractivity contribution in [2.45, 2.75) is 4.90 Å². The Bertz CT molecular complexity index is 1240. The molecule has 0 fully saturated rings. The lowest BCUT2D eigenvalue weighted by Crippen LogP contribution is -2.14. The Morgan fingerprint density at radius 1 is 0.933 bits per heavy atom. The Hall–Kier alpha value is -2.79. The highest BCUT2D eigenvalue weighted by Gasteiger charge is 2.17. The fraction of sp³-hybridized carbons (Fsp3) is 0. The average molecular weight is 474 g/mol. The number of carbonyl (C=O) groups excluding carboxylic acids is 1. The van der Waals surface area contributed by atoms with Crippen LogP contribution in [0.1, 0.15) is 9.75 Å². The average Bonchev–Trinajstić information content (AvgIpc) is 3.49. The number of rotatable bonds is 7. The van der Waals surface area contributed by atoms with Crippen molar-refractivity contribution < 1.29 is 13.2 Å². The van der Waals surface area contributed by atoms with Crippen LogP contribution in [0.25, 0.3) is 11.6 Å². The predicted octanol–water partition coefficient (Wildman–Crippen LogP) is 5.25. The number of hydrogen-bond donors (Lipinski definition) is 2. The fourth-order valence-electron chi connectivity index (χ4n) is 2.56. The molecule has 0 atom stereocenters. The first-order valence-corrected chi connectivity index (χ1v) is 12.8. The maximum absolute atomic E-state index is 12.9. The molecule has 4 aromatic rings. The van der Waals surface area contributed by atoms with Gasteiger partial charge in [0.05, 0.1) is 10.5 Å². The Labute approximate surface area is 185 Å². The van der Waals surface area contributed by atoms with Crippen molar-refractivity contribution in [1.29, 1.82) is 0 Å². The Balaban J connectivity index is 1.52. The highest BCUT2D eigenvalue weighted by molar-refractivity contribution is 7.93. The zero-order chi connectivity index (χ0) is 21.0. The van der Waals surface area contributed by atoms with Gasteiger partial charge in [0.15, 0.2) is 5.13 Å². The van der Waals surface area contributed by atoms with Gasteiger partial charge in [-0.05, 0) is 53.2 Å². The minimum Gasteiger partial charge on any atom is -0.322 e. The third kappa shape index (κ3) is 4.85. The van der Waals surface area contributed by atoms with E-state index in [0.717, 1.165) is 9.75 Å². The summed E-state index contributed by atoms with van der Waals surface area (Å²) in [6.07, 6.45) is 3.37. The summed E-state index contributed by atoms with van der Waals surface area (Å²) < 4.78 is 27.3. The third-order valence-corrected chi connectivity index (χ3v) is 7.83. The number of nitrogens with one attached hydrogen (secondary N) is 2. The minimum atomic E-state index is -3.74. The van der Waals surface area contributed by atoms with Crippen LogP contribution in [0, 0.1) is 0 Å². The first kappa shape index (κ1) is 20.5. The number of thiophene rings is 2. The monoisotopic (exact) mass is 473 g/mol. The van der Waals surface area contributed by atoms with Crippen molar-refractivity contribution in [2.75, 3.05) is 10.0 Å². The summed E-state index contributed by atoms with van der Waals surface area (Å²) in [5.74, 6) is -0.262. The van der Waals surface area contributed by atoms with Crippen LogP contribution in [0.4, 0.5) is 10.8 Å². The van der Waals surface area contributed by atoms with Gasteiger partial charge in [-0.1, -0.05) is 12.1 Å². The quantitative estimate of drug-likeness (QED) is 0.359. The van der Waals surface area contributed by atoms with E-state index < -0.39 is 10.0 Å². The van der Waals surface area contributed by atoms with Gasteiger partial charge < -0.3 is 5.32 Å². The highest BCUT2D eigenvalue weighted by Crippen LogP contribution is 2.26. The van der Waals surface area contributed by atoms with Gasteiger partial charge in [0, 0.05) is 27.0 Å². The van der Waals surface area contributed by atoms with Crippen molar-refractivity contribution in [2.24, 2.45) is 0 Å². The van der Waals surface area contributed by atoms with Crippen molar-refractivity contribution >= 4 is 72.4 Å². The van der Waals surface area contributed by atoms with E-state index in [9.17, 15) is 13.2 Å². The van der Waals surface area contributed by atoms with Gasteiger partial charge in [0.2, 0.25) is 0 Å². The summed E-state index contributed by atoms with van der Waals surface area (Å²) in [5.41, 5.74) is 1.05. The van der Waals surface area contributed by atoms with E-state index in [0.29, 0.717) is 16.4 Å². The summed E-state index contributed by atoms with van der Waals surface area (Å²) >= 11 is 4.23. The van der Waals surface area contributed by atoms with E-state index in [1.165, 1.54) is 41.0 Å². The van der Waals surface area contributed by atoms with Crippen molar-refractivity contribution in [1.82, 2.24) is 4.98 Å². The van der Waals surface area contributed by atoms with Crippen molar-refractivity contribution in [3.63, 3.8) is 0 Å². The molecule has 3 aromatic heterocycles. The third-order valence-electron chi connectivity index (χ3n) is 3.94. The number of sulfonamides is 1. The zero-order valence-electron chi connectivity index (χ0n) is 15.3. The summed E-state index contributed by atoms with van der Waals surface area (Å²) in [5, 5.41) is 8.70. The summed E-state index contributed by atoms with van der Waals surface area (Å²) in [7, 11) is -3.74. The summed E-state index contributed by atoms with van der Waals surface area (Å²) in [4.78, 5) is 18.8. The smallest absolute Gasteiger partial charge is 0.263 e. The fourth-order valence-corrected chi connectivity index (χ4v) is 5.75. The molecule has 0 bridgehead atoms. The lowest BCUT2D eigenvalue weighted by atomic mass is 10.1. The number of benzene rings is 1. The molecule has 2 N–H and O–H groups in total. The van der Waals surface area contributed by atoms with Crippen LogP contribution in [0.5, 0.6) is 0 Å². The highest BCUT2D eigenvalue weighted by atomic mass is 32.2. The van der Waals surface area contributed by atoms with Crippen LogP contribution in [0.2, 0.25) is 0 Å². The number of thiazole rings is 1. The van der Waals surface area contributed by atoms with Crippen LogP contribution in [-0.4, -0.2) is 19.3 Å². The topological polar surface area (TPSA) is 88.2 Å². The predicted molar refractivity (Wildman–Crippen MR) is 125 cm³/mol. The van der Waals surface area contributed by atoms with E-state index in [-0.39, 0.29) is 10.8 Å². The second-order valence-electron chi connectivity index (χ2n) is 5.97. The lowest BCUT2D eigenvalue weighted by Gasteiger charge is -2.09. The normalized spacial score (nSPS) is 11.9. The standard InChI is InChI=1S/C20H15N3O3S4/c24-19(17(18-4-2-11-28-18)13-15-3-1-10-27-15)22-14-5-7-16(8-6-14)30(25,26)23-20-21-9-12-29-20/h1-13H,(H,21,23)(H,22,24). The molecule has 0 aliphatic carbocycles. The number of hydrogen-bond acceptors (Lipinski definition) is 7. The summed E-state index contributed by atoms with van der Waals surface area (Å²) in [6.45, 7) is 0. The molecule has 3 heterocycles. The molecular weight excluding hydrogens is 459 g/mol. The molecule has 152 valence electrons. The van der Waals surface area contributed by atoms with Gasteiger partial charge in [-0.3, -0.25) is 9.52 Å². The molecule has 6 nitrogen and oxygen atoms in total. The van der Waals surface area contributed by atoms with Crippen LogP contribution in [-0.2, 0) is 14.8 Å². The minimum absolute atomic E-state index is 0.0864. The van der Waals surface area contributed by atoms with E-state index >= 15 is 0 Å². The molecule has 1 aromatic carbocycles. The molecular formula is C20H15N3O3S4. The van der Waals surface area contributed by atoms with Gasteiger partial charge in [-0.25, -0.2) is 13.4 Å². The molecule has 0 spiro atoms. The van der Waals surface area contributed by atoms with Gasteiger partial charge >= 0.3 is 0 Å². The van der Waals surface area contributed by atoms with Crippen LogP contribution in [0.3, 0.4) is 0 Å². The molecule has 0 saturated heterocycles. The maximum Gasteiger partial charge on any atom is 0.263 e. The van der Waals surface area contributed by atoms with E-state index in [1.807, 2.05) is 41.1 Å². The largest absolute Gasteiger partial charge is 0.322 e. The number of anilines is 2. The Kier molecular flexibility index (Phi) is 6.09. The SMILES string of the molecule is O=C(Nc1ccc(S(=O)(=O)Nc2nccs2)cc1)C(=Cc1cccs1)c1cccs1. The second kappa shape index (κ2) is 8.92. The number of carbonyl (C=O) groups is 1. The molecule has 30 heavy (non-hydrogen) atoms. The van der Waals surface area contributed by atoms with E-state index in [4.69, 9.17) is 0 Å². The Morgan fingerprint density at radius 2 is 1.70 bits per heavy atom. The van der Waals surface area contributed by atoms with E-state index in [2.05, 4.69) is 15.0 Å². The first-order chi connectivity index (χ1) is 14.5. The van der Waals surface area contributed by atoms with Crippen LogP contribution in [0.15, 0.2) is 75.8 Å². The molecule has 0 aliphatic heterocycles. The molecule has 0 unspecified atom stereocenters. The lowest BCUT2D eigenvalue weighted by molar-refractivity contribution is -0.111. The molecule has 1 amide bonds.